The van der Waals surface area contributed by atoms with Crippen molar-refractivity contribution in [3.8, 4) is 11.5 Å². The summed E-state index contributed by atoms with van der Waals surface area (Å²) in [6.45, 7) is 2.45. The van der Waals surface area contributed by atoms with Crippen molar-refractivity contribution < 1.29 is 27.5 Å². The lowest BCUT2D eigenvalue weighted by Gasteiger charge is -2.36. The fraction of sp³-hybridized carbons (Fsp3) is 0.417. The smallest absolute Gasteiger partial charge is 0.247 e. The molecule has 0 radical (unpaired) electrons. The van der Waals surface area contributed by atoms with Gasteiger partial charge in [0.1, 0.15) is 13.2 Å². The molecule has 0 saturated carbocycles. The van der Waals surface area contributed by atoms with Crippen LogP contribution < -0.4 is 9.47 Å². The molecule has 0 spiro atoms. The maximum absolute atomic E-state index is 13.2. The van der Waals surface area contributed by atoms with Crippen LogP contribution in [-0.4, -0.2) is 86.3 Å². The topological polar surface area (TPSA) is 96.5 Å². The van der Waals surface area contributed by atoms with Gasteiger partial charge >= 0.3 is 0 Å². The molecule has 0 aliphatic carbocycles. The fourth-order valence-electron chi connectivity index (χ4n) is 4.66. The third-order valence-corrected chi connectivity index (χ3v) is 8.45. The summed E-state index contributed by atoms with van der Waals surface area (Å²) in [6, 6.07) is 13.9. The second kappa shape index (κ2) is 9.36. The van der Waals surface area contributed by atoms with E-state index in [0.717, 1.165) is 5.56 Å². The van der Waals surface area contributed by atoms with Gasteiger partial charge in [-0.3, -0.25) is 19.4 Å². The highest BCUT2D eigenvalue weighted by atomic mass is 32.2. The van der Waals surface area contributed by atoms with E-state index in [2.05, 4.69) is 0 Å². The van der Waals surface area contributed by atoms with Crippen LogP contribution in [0.1, 0.15) is 12.0 Å². The van der Waals surface area contributed by atoms with Crippen LogP contribution >= 0.6 is 0 Å². The molecule has 9 nitrogen and oxygen atoms in total. The van der Waals surface area contributed by atoms with E-state index in [9.17, 15) is 18.0 Å². The van der Waals surface area contributed by atoms with Gasteiger partial charge in [0.25, 0.3) is 0 Å². The number of piperazine rings is 1. The third kappa shape index (κ3) is 4.40. The second-order valence-electron chi connectivity index (χ2n) is 8.58. The molecule has 0 bridgehead atoms. The molecule has 3 aliphatic rings. The number of ether oxygens (including phenoxy) is 2. The Hall–Kier alpha value is -2.95. The van der Waals surface area contributed by atoms with E-state index in [4.69, 9.17) is 9.47 Å². The molecule has 0 aromatic heterocycles. The number of likely N-dealkylation sites (tertiary alicyclic amines) is 1. The molecule has 1 atom stereocenters. The number of amides is 2. The number of rotatable bonds is 6. The molecule has 180 valence electrons. The van der Waals surface area contributed by atoms with Gasteiger partial charge < -0.3 is 9.47 Å². The first-order chi connectivity index (χ1) is 16.4. The summed E-state index contributed by atoms with van der Waals surface area (Å²) in [5, 5.41) is 0. The minimum absolute atomic E-state index is 0.141. The Bertz CT molecular complexity index is 1180. The highest BCUT2D eigenvalue weighted by Gasteiger charge is 2.43. The van der Waals surface area contributed by atoms with Gasteiger partial charge in [-0.25, -0.2) is 8.42 Å². The van der Waals surface area contributed by atoms with Crippen molar-refractivity contribution in [1.29, 1.82) is 0 Å². The maximum atomic E-state index is 13.2. The first-order valence-electron chi connectivity index (χ1n) is 11.5. The lowest BCUT2D eigenvalue weighted by molar-refractivity contribution is -0.139. The van der Waals surface area contributed by atoms with Crippen molar-refractivity contribution >= 4 is 21.8 Å². The molecule has 2 aromatic carbocycles. The van der Waals surface area contributed by atoms with Gasteiger partial charge in [-0.1, -0.05) is 30.3 Å². The Morgan fingerprint density at radius 1 is 0.882 bits per heavy atom. The molecule has 3 heterocycles. The van der Waals surface area contributed by atoms with Gasteiger partial charge in [-0.2, -0.15) is 4.31 Å². The molecular weight excluding hydrogens is 458 g/mol. The van der Waals surface area contributed by atoms with Crippen LogP contribution in [0.3, 0.4) is 0 Å². The minimum atomic E-state index is -3.71. The Kier molecular flexibility index (Phi) is 6.28. The fourth-order valence-corrected chi connectivity index (χ4v) is 6.10. The zero-order chi connectivity index (χ0) is 23.7. The zero-order valence-electron chi connectivity index (χ0n) is 18.8. The average molecular weight is 486 g/mol. The molecule has 34 heavy (non-hydrogen) atoms. The van der Waals surface area contributed by atoms with Crippen molar-refractivity contribution in [3.63, 3.8) is 0 Å². The molecule has 0 N–H and O–H groups in total. The van der Waals surface area contributed by atoms with E-state index in [0.29, 0.717) is 50.8 Å². The van der Waals surface area contributed by atoms with Crippen LogP contribution in [-0.2, 0) is 26.0 Å². The number of hydrogen-bond donors (Lipinski definition) is 0. The highest BCUT2D eigenvalue weighted by molar-refractivity contribution is 7.89. The molecule has 10 heteroatoms. The standard InChI is InChI=1S/C24H27N3O6S/c28-23-17-20(24(29)27(23)9-8-18-4-2-1-3-5-18)25-10-12-26(13-11-25)34(30,31)19-6-7-21-22(16-19)33-15-14-32-21/h1-7,16,20H,8-15,17H2. The molecule has 2 saturated heterocycles. The van der Waals surface area contributed by atoms with Gasteiger partial charge in [0.2, 0.25) is 21.8 Å². The van der Waals surface area contributed by atoms with Gasteiger partial charge in [-0.15, -0.1) is 0 Å². The predicted molar refractivity (Wildman–Crippen MR) is 123 cm³/mol. The first-order valence-corrected chi connectivity index (χ1v) is 12.9. The van der Waals surface area contributed by atoms with E-state index in [1.165, 1.54) is 21.3 Å². The van der Waals surface area contributed by atoms with Gasteiger partial charge in [0.05, 0.1) is 17.4 Å². The average Bonchev–Trinajstić information content (AvgIpc) is 3.16. The largest absolute Gasteiger partial charge is 0.486 e. The maximum Gasteiger partial charge on any atom is 0.247 e. The number of nitrogens with zero attached hydrogens (tertiary/aromatic N) is 3. The van der Waals surface area contributed by atoms with Gasteiger partial charge in [0, 0.05) is 38.8 Å². The Morgan fingerprint density at radius 3 is 2.32 bits per heavy atom. The van der Waals surface area contributed by atoms with E-state index < -0.39 is 16.1 Å². The summed E-state index contributed by atoms with van der Waals surface area (Å²) in [4.78, 5) is 28.9. The van der Waals surface area contributed by atoms with E-state index >= 15 is 0 Å². The van der Waals surface area contributed by atoms with E-state index in [1.807, 2.05) is 35.2 Å². The van der Waals surface area contributed by atoms with Crippen LogP contribution in [0, 0.1) is 0 Å². The number of carbonyl (C=O) groups excluding carboxylic acids is 2. The van der Waals surface area contributed by atoms with Crippen molar-refractivity contribution in [2.45, 2.75) is 23.8 Å². The summed E-state index contributed by atoms with van der Waals surface area (Å²) in [5.74, 6) is 0.606. The number of benzene rings is 2. The summed E-state index contributed by atoms with van der Waals surface area (Å²) >= 11 is 0. The van der Waals surface area contributed by atoms with Gasteiger partial charge in [-0.05, 0) is 24.1 Å². The molecular formula is C24H27N3O6S. The molecule has 3 aliphatic heterocycles. The Morgan fingerprint density at radius 2 is 1.59 bits per heavy atom. The second-order valence-corrected chi connectivity index (χ2v) is 10.5. The van der Waals surface area contributed by atoms with Crippen molar-refractivity contribution in [1.82, 2.24) is 14.1 Å². The van der Waals surface area contributed by atoms with Crippen LogP contribution in [0.4, 0.5) is 0 Å². The summed E-state index contributed by atoms with van der Waals surface area (Å²) in [6.07, 6.45) is 0.759. The van der Waals surface area contributed by atoms with Crippen LogP contribution in [0.25, 0.3) is 0 Å². The Balaban J connectivity index is 1.20. The number of hydrogen-bond acceptors (Lipinski definition) is 7. The predicted octanol–water partition coefficient (Wildman–Crippen LogP) is 1.13. The third-order valence-electron chi connectivity index (χ3n) is 6.55. The molecule has 2 amide bonds. The van der Waals surface area contributed by atoms with Crippen LogP contribution in [0.2, 0.25) is 0 Å². The molecule has 5 rings (SSSR count). The van der Waals surface area contributed by atoms with Crippen LogP contribution in [0.15, 0.2) is 53.4 Å². The van der Waals surface area contributed by atoms with Gasteiger partial charge in [0.15, 0.2) is 11.5 Å². The summed E-state index contributed by atoms with van der Waals surface area (Å²) in [5.41, 5.74) is 1.07. The van der Waals surface area contributed by atoms with Crippen molar-refractivity contribution in [2.24, 2.45) is 0 Å². The number of sulfonamides is 1. The van der Waals surface area contributed by atoms with Crippen molar-refractivity contribution in [2.75, 3.05) is 45.9 Å². The summed E-state index contributed by atoms with van der Waals surface area (Å²) in [7, 11) is -3.71. The van der Waals surface area contributed by atoms with E-state index in [-0.39, 0.29) is 36.2 Å². The monoisotopic (exact) mass is 485 g/mol. The normalized spacial score (nSPS) is 21.8. The highest BCUT2D eigenvalue weighted by Crippen LogP contribution is 2.33. The molecule has 1 unspecified atom stereocenters. The molecule has 2 fully saturated rings. The number of imide groups is 1. The van der Waals surface area contributed by atoms with Crippen molar-refractivity contribution in [3.05, 3.63) is 54.1 Å². The summed E-state index contributed by atoms with van der Waals surface area (Å²) < 4.78 is 38.8. The minimum Gasteiger partial charge on any atom is -0.486 e. The number of fused-ring (bicyclic) bond motifs is 1. The SMILES string of the molecule is O=C1CC(N2CCN(S(=O)(=O)c3ccc4c(c3)OCCO4)CC2)C(=O)N1CCc1ccccc1. The Labute approximate surface area is 198 Å². The zero-order valence-corrected chi connectivity index (χ0v) is 19.6. The lowest BCUT2D eigenvalue weighted by atomic mass is 10.1. The molecule has 2 aromatic rings. The van der Waals surface area contributed by atoms with Crippen LogP contribution in [0.5, 0.6) is 11.5 Å². The lowest BCUT2D eigenvalue weighted by Crippen LogP contribution is -2.53. The quantitative estimate of drug-likeness (QED) is 0.566. The van der Waals surface area contributed by atoms with E-state index in [1.54, 1.807) is 6.07 Å². The number of carbonyl (C=O) groups is 2. The first kappa shape index (κ1) is 22.8.